The van der Waals surface area contributed by atoms with Crippen LogP contribution in [0.2, 0.25) is 5.15 Å². The molecule has 2 aromatic rings. The van der Waals surface area contributed by atoms with E-state index in [4.69, 9.17) is 11.6 Å². The number of aromatic nitrogens is 1. The summed E-state index contributed by atoms with van der Waals surface area (Å²) >= 11 is 5.66. The highest BCUT2D eigenvalue weighted by atomic mass is 35.5. The van der Waals surface area contributed by atoms with Crippen molar-refractivity contribution in [1.29, 1.82) is 0 Å². The van der Waals surface area contributed by atoms with E-state index in [0.29, 0.717) is 6.42 Å². The van der Waals surface area contributed by atoms with E-state index in [2.05, 4.69) is 4.98 Å². The number of halogens is 1. The fourth-order valence-electron chi connectivity index (χ4n) is 1.68. The average Bonchev–Trinajstić information content (AvgIpc) is 2.38. The van der Waals surface area contributed by atoms with E-state index in [1.807, 2.05) is 30.3 Å². The third kappa shape index (κ3) is 3.05. The summed E-state index contributed by atoms with van der Waals surface area (Å²) in [6, 6.07) is 11.4. The SMILES string of the molecule is O=[N+]([O-])c1cc(CCc2ccccc2)cnc1Cl. The van der Waals surface area contributed by atoms with E-state index in [1.165, 1.54) is 11.6 Å². The molecular formula is C13H11ClN2O2. The molecule has 92 valence electrons. The minimum absolute atomic E-state index is 0.0662. The van der Waals surface area contributed by atoms with Crippen molar-refractivity contribution in [2.45, 2.75) is 12.8 Å². The Labute approximate surface area is 109 Å². The van der Waals surface area contributed by atoms with Gasteiger partial charge in [-0.25, -0.2) is 4.98 Å². The van der Waals surface area contributed by atoms with E-state index in [9.17, 15) is 10.1 Å². The fourth-order valence-corrected chi connectivity index (χ4v) is 1.85. The summed E-state index contributed by atoms with van der Waals surface area (Å²) in [7, 11) is 0. The van der Waals surface area contributed by atoms with E-state index in [-0.39, 0.29) is 10.8 Å². The first-order valence-corrected chi connectivity index (χ1v) is 5.87. The van der Waals surface area contributed by atoms with Crippen molar-refractivity contribution in [3.63, 3.8) is 0 Å². The Morgan fingerprint density at radius 3 is 2.50 bits per heavy atom. The van der Waals surface area contributed by atoms with Gasteiger partial charge in [-0.2, -0.15) is 0 Å². The van der Waals surface area contributed by atoms with Crippen molar-refractivity contribution in [3.05, 3.63) is 69.0 Å². The Bertz CT molecular complexity index is 558. The lowest BCUT2D eigenvalue weighted by Gasteiger charge is -2.02. The number of hydrogen-bond donors (Lipinski definition) is 0. The molecular weight excluding hydrogens is 252 g/mol. The molecule has 1 aromatic carbocycles. The second-order valence-electron chi connectivity index (χ2n) is 3.90. The number of benzene rings is 1. The molecule has 0 saturated heterocycles. The van der Waals surface area contributed by atoms with Crippen molar-refractivity contribution in [3.8, 4) is 0 Å². The Balaban J connectivity index is 2.11. The van der Waals surface area contributed by atoms with Crippen molar-refractivity contribution in [2.24, 2.45) is 0 Å². The zero-order valence-electron chi connectivity index (χ0n) is 9.54. The van der Waals surface area contributed by atoms with Crippen LogP contribution in [0.25, 0.3) is 0 Å². The summed E-state index contributed by atoms with van der Waals surface area (Å²) < 4.78 is 0. The normalized spacial score (nSPS) is 10.3. The number of nitrogens with zero attached hydrogens (tertiary/aromatic N) is 2. The molecule has 0 aliphatic carbocycles. The first-order valence-electron chi connectivity index (χ1n) is 5.49. The molecule has 0 amide bonds. The summed E-state index contributed by atoms with van der Waals surface area (Å²) in [5, 5.41) is 10.7. The van der Waals surface area contributed by atoms with Crippen LogP contribution in [-0.2, 0) is 12.8 Å². The van der Waals surface area contributed by atoms with Crippen LogP contribution in [0.4, 0.5) is 5.69 Å². The minimum atomic E-state index is -0.513. The van der Waals surface area contributed by atoms with Crippen LogP contribution in [0.3, 0.4) is 0 Å². The van der Waals surface area contributed by atoms with Gasteiger partial charge in [-0.3, -0.25) is 10.1 Å². The predicted octanol–water partition coefficient (Wildman–Crippen LogP) is 3.43. The van der Waals surface area contributed by atoms with Crippen molar-refractivity contribution in [2.75, 3.05) is 0 Å². The zero-order valence-corrected chi connectivity index (χ0v) is 10.3. The molecule has 1 aromatic heterocycles. The first kappa shape index (κ1) is 12.5. The molecule has 0 radical (unpaired) electrons. The zero-order chi connectivity index (χ0) is 13.0. The van der Waals surface area contributed by atoms with Gasteiger partial charge >= 0.3 is 5.69 Å². The van der Waals surface area contributed by atoms with Crippen LogP contribution < -0.4 is 0 Å². The maximum atomic E-state index is 10.7. The summed E-state index contributed by atoms with van der Waals surface area (Å²) in [5.41, 5.74) is 1.87. The first-order chi connectivity index (χ1) is 8.66. The van der Waals surface area contributed by atoms with Gasteiger partial charge in [0.25, 0.3) is 0 Å². The number of pyridine rings is 1. The molecule has 0 spiro atoms. The Morgan fingerprint density at radius 2 is 1.83 bits per heavy atom. The smallest absolute Gasteiger partial charge is 0.258 e. The van der Waals surface area contributed by atoms with Crippen LogP contribution in [-0.4, -0.2) is 9.91 Å². The molecule has 0 bridgehead atoms. The van der Waals surface area contributed by atoms with Gasteiger partial charge in [0.1, 0.15) is 0 Å². The standard InChI is InChI=1S/C13H11ClN2O2/c14-13-12(16(17)18)8-11(9-15-13)7-6-10-4-2-1-3-5-10/h1-5,8-9H,6-7H2. The largest absolute Gasteiger partial charge is 0.306 e. The Kier molecular flexibility index (Phi) is 3.89. The van der Waals surface area contributed by atoms with E-state index in [1.54, 1.807) is 6.20 Å². The molecule has 0 saturated carbocycles. The lowest BCUT2D eigenvalue weighted by Crippen LogP contribution is -1.96. The predicted molar refractivity (Wildman–Crippen MR) is 69.8 cm³/mol. The van der Waals surface area contributed by atoms with Crippen LogP contribution in [0.5, 0.6) is 0 Å². The molecule has 4 nitrogen and oxygen atoms in total. The second-order valence-corrected chi connectivity index (χ2v) is 4.25. The Morgan fingerprint density at radius 1 is 1.17 bits per heavy atom. The molecule has 0 fully saturated rings. The fraction of sp³-hybridized carbons (Fsp3) is 0.154. The topological polar surface area (TPSA) is 56.0 Å². The van der Waals surface area contributed by atoms with Gasteiger partial charge in [0.15, 0.2) is 0 Å². The van der Waals surface area contributed by atoms with Gasteiger partial charge in [0.05, 0.1) is 4.92 Å². The lowest BCUT2D eigenvalue weighted by molar-refractivity contribution is -0.385. The van der Waals surface area contributed by atoms with Gasteiger partial charge < -0.3 is 0 Å². The highest BCUT2D eigenvalue weighted by Crippen LogP contribution is 2.22. The molecule has 0 atom stereocenters. The lowest BCUT2D eigenvalue weighted by atomic mass is 10.1. The van der Waals surface area contributed by atoms with Gasteiger partial charge in [-0.15, -0.1) is 0 Å². The summed E-state index contributed by atoms with van der Waals surface area (Å²) in [4.78, 5) is 14.1. The highest BCUT2D eigenvalue weighted by molar-refractivity contribution is 6.31. The highest BCUT2D eigenvalue weighted by Gasteiger charge is 2.13. The van der Waals surface area contributed by atoms with Crippen molar-refractivity contribution < 1.29 is 4.92 Å². The molecule has 2 rings (SSSR count). The maximum Gasteiger partial charge on any atom is 0.306 e. The average molecular weight is 263 g/mol. The van der Waals surface area contributed by atoms with Gasteiger partial charge in [0.2, 0.25) is 5.15 Å². The summed E-state index contributed by atoms with van der Waals surface area (Å²) in [6.45, 7) is 0. The van der Waals surface area contributed by atoms with Crippen molar-refractivity contribution >= 4 is 17.3 Å². The second kappa shape index (κ2) is 5.60. The molecule has 1 heterocycles. The molecule has 0 aliphatic heterocycles. The van der Waals surface area contributed by atoms with Gasteiger partial charge in [-0.1, -0.05) is 41.9 Å². The van der Waals surface area contributed by atoms with Crippen LogP contribution in [0.1, 0.15) is 11.1 Å². The number of aryl methyl sites for hydroxylation is 2. The van der Waals surface area contributed by atoms with Crippen LogP contribution in [0.15, 0.2) is 42.6 Å². The minimum Gasteiger partial charge on any atom is -0.258 e. The van der Waals surface area contributed by atoms with Crippen LogP contribution in [0, 0.1) is 10.1 Å². The molecule has 0 N–H and O–H groups in total. The van der Waals surface area contributed by atoms with Crippen LogP contribution >= 0.6 is 11.6 Å². The third-order valence-electron chi connectivity index (χ3n) is 2.62. The molecule has 18 heavy (non-hydrogen) atoms. The molecule has 5 heteroatoms. The van der Waals surface area contributed by atoms with Gasteiger partial charge in [0, 0.05) is 12.3 Å². The number of nitro groups is 1. The third-order valence-corrected chi connectivity index (χ3v) is 2.91. The van der Waals surface area contributed by atoms with E-state index < -0.39 is 4.92 Å². The molecule has 0 aliphatic rings. The van der Waals surface area contributed by atoms with E-state index >= 15 is 0 Å². The summed E-state index contributed by atoms with van der Waals surface area (Å²) in [6.07, 6.45) is 3.11. The number of hydrogen-bond acceptors (Lipinski definition) is 3. The van der Waals surface area contributed by atoms with E-state index in [0.717, 1.165) is 12.0 Å². The maximum absolute atomic E-state index is 10.7. The summed E-state index contributed by atoms with van der Waals surface area (Å²) in [5.74, 6) is 0. The van der Waals surface area contributed by atoms with Gasteiger partial charge in [-0.05, 0) is 24.0 Å². The van der Waals surface area contributed by atoms with Crippen molar-refractivity contribution in [1.82, 2.24) is 4.98 Å². The number of rotatable bonds is 4. The Hall–Kier alpha value is -1.94. The quantitative estimate of drug-likeness (QED) is 0.482. The molecule has 0 unspecified atom stereocenters. The monoisotopic (exact) mass is 262 g/mol.